The summed E-state index contributed by atoms with van der Waals surface area (Å²) in [6.45, 7) is 2.37. The van der Waals surface area contributed by atoms with E-state index in [0.29, 0.717) is 12.4 Å². The van der Waals surface area contributed by atoms with Crippen LogP contribution in [0, 0.1) is 0 Å². The van der Waals surface area contributed by atoms with Crippen molar-refractivity contribution in [2.75, 3.05) is 30.8 Å². The molecule has 1 fully saturated rings. The third-order valence-electron chi connectivity index (χ3n) is 4.91. The van der Waals surface area contributed by atoms with Crippen LogP contribution in [0.15, 0.2) is 24.8 Å². The first-order valence-corrected chi connectivity index (χ1v) is 8.91. The highest BCUT2D eigenvalue weighted by Gasteiger charge is 2.27. The number of hydrogen-bond acceptors (Lipinski definition) is 8. The Kier molecular flexibility index (Phi) is 4.61. The number of nitrogen functional groups attached to an aromatic ring is 1. The highest BCUT2D eigenvalue weighted by Crippen LogP contribution is 2.29. The van der Waals surface area contributed by atoms with Gasteiger partial charge in [-0.05, 0) is 12.8 Å². The van der Waals surface area contributed by atoms with Crippen molar-refractivity contribution in [3.8, 4) is 5.88 Å². The molecular weight excluding hydrogens is 346 g/mol. The van der Waals surface area contributed by atoms with E-state index in [2.05, 4.69) is 34.6 Å². The van der Waals surface area contributed by atoms with Crippen LogP contribution in [0.25, 0.3) is 0 Å². The highest BCUT2D eigenvalue weighted by molar-refractivity contribution is 5.46. The molecule has 0 unspecified atom stereocenters. The molecule has 27 heavy (non-hydrogen) atoms. The zero-order chi connectivity index (χ0) is 18.8. The van der Waals surface area contributed by atoms with E-state index < -0.39 is 0 Å². The molecule has 10 nitrogen and oxygen atoms in total. The van der Waals surface area contributed by atoms with Gasteiger partial charge in [0.25, 0.3) is 0 Å². The topological polar surface area (TPSA) is 113 Å². The maximum Gasteiger partial charge on any atom is 0.225 e. The van der Waals surface area contributed by atoms with E-state index >= 15 is 0 Å². The number of imidazole rings is 1. The molecule has 1 aliphatic heterocycles. The Morgan fingerprint density at radius 2 is 2.19 bits per heavy atom. The molecule has 4 rings (SSSR count). The summed E-state index contributed by atoms with van der Waals surface area (Å²) in [5.41, 5.74) is 5.82. The summed E-state index contributed by atoms with van der Waals surface area (Å²) in [4.78, 5) is 14.7. The number of ether oxygens (including phenoxy) is 1. The Morgan fingerprint density at radius 3 is 2.96 bits per heavy atom. The van der Waals surface area contributed by atoms with Crippen LogP contribution >= 0.6 is 0 Å². The van der Waals surface area contributed by atoms with Crippen LogP contribution in [-0.4, -0.2) is 54.5 Å². The van der Waals surface area contributed by atoms with Gasteiger partial charge >= 0.3 is 0 Å². The van der Waals surface area contributed by atoms with Gasteiger partial charge in [0.2, 0.25) is 11.8 Å². The molecule has 0 spiro atoms. The first-order chi connectivity index (χ1) is 13.1. The SMILES string of the molecule is COc1cc(N2CCC[C@@H](c3nnc(Cn4ccnc4)n3C)C2)nc(N)n1. The third-order valence-corrected chi connectivity index (χ3v) is 4.91. The number of nitrogens with zero attached hydrogens (tertiary/aromatic N) is 8. The van der Waals surface area contributed by atoms with Crippen molar-refractivity contribution in [2.45, 2.75) is 25.3 Å². The molecule has 0 bridgehead atoms. The maximum absolute atomic E-state index is 5.82. The molecule has 1 saturated heterocycles. The fourth-order valence-corrected chi connectivity index (χ4v) is 3.50. The lowest BCUT2D eigenvalue weighted by atomic mass is 9.97. The zero-order valence-corrected chi connectivity index (χ0v) is 15.5. The predicted octanol–water partition coefficient (Wildman–Crippen LogP) is 0.825. The number of methoxy groups -OCH3 is 1. The summed E-state index contributed by atoms with van der Waals surface area (Å²) in [6, 6.07) is 1.82. The van der Waals surface area contributed by atoms with E-state index in [1.807, 2.05) is 23.9 Å². The molecule has 0 radical (unpaired) electrons. The minimum atomic E-state index is 0.216. The Morgan fingerprint density at radius 1 is 1.30 bits per heavy atom. The van der Waals surface area contributed by atoms with Crippen molar-refractivity contribution in [1.82, 2.24) is 34.3 Å². The summed E-state index contributed by atoms with van der Waals surface area (Å²) in [5.74, 6) is 3.64. The lowest BCUT2D eigenvalue weighted by molar-refractivity contribution is 0.397. The van der Waals surface area contributed by atoms with E-state index in [1.165, 1.54) is 0 Å². The molecule has 1 atom stereocenters. The second-order valence-electron chi connectivity index (χ2n) is 6.68. The monoisotopic (exact) mass is 369 g/mol. The maximum atomic E-state index is 5.82. The molecule has 0 aliphatic carbocycles. The van der Waals surface area contributed by atoms with Crippen LogP contribution in [0.4, 0.5) is 11.8 Å². The van der Waals surface area contributed by atoms with Crippen molar-refractivity contribution in [3.63, 3.8) is 0 Å². The molecule has 0 saturated carbocycles. The van der Waals surface area contributed by atoms with Gasteiger partial charge in [0.15, 0.2) is 5.82 Å². The van der Waals surface area contributed by atoms with Crippen LogP contribution in [0.3, 0.4) is 0 Å². The standard InChI is InChI=1S/C17H23N9O/c1-24-14(10-25-7-5-19-11-25)22-23-16(24)12-4-3-6-26(9-12)13-8-15(27-2)21-17(18)20-13/h5,7-8,11-12H,3-4,6,9-10H2,1-2H3,(H2,18,20,21)/t12-/m1/s1. The van der Waals surface area contributed by atoms with Gasteiger partial charge in [-0.15, -0.1) is 10.2 Å². The van der Waals surface area contributed by atoms with Crippen molar-refractivity contribution < 1.29 is 4.74 Å². The van der Waals surface area contributed by atoms with Gasteiger partial charge in [-0.2, -0.15) is 9.97 Å². The summed E-state index contributed by atoms with van der Waals surface area (Å²) in [6.07, 6.45) is 7.57. The van der Waals surface area contributed by atoms with Crippen molar-refractivity contribution in [1.29, 1.82) is 0 Å². The second-order valence-corrected chi connectivity index (χ2v) is 6.68. The van der Waals surface area contributed by atoms with Gasteiger partial charge in [-0.3, -0.25) is 0 Å². The van der Waals surface area contributed by atoms with E-state index in [4.69, 9.17) is 10.5 Å². The summed E-state index contributed by atoms with van der Waals surface area (Å²) < 4.78 is 9.29. The first kappa shape index (κ1) is 17.3. The van der Waals surface area contributed by atoms with Gasteiger partial charge in [-0.25, -0.2) is 4.98 Å². The van der Waals surface area contributed by atoms with Gasteiger partial charge in [0.1, 0.15) is 11.6 Å². The molecular formula is C17H23N9O. The molecule has 4 heterocycles. The zero-order valence-electron chi connectivity index (χ0n) is 15.5. The lowest BCUT2D eigenvalue weighted by Crippen LogP contribution is -2.36. The second kappa shape index (κ2) is 7.22. The third kappa shape index (κ3) is 3.55. The number of rotatable bonds is 5. The van der Waals surface area contributed by atoms with Gasteiger partial charge < -0.3 is 24.5 Å². The van der Waals surface area contributed by atoms with Crippen molar-refractivity contribution >= 4 is 11.8 Å². The van der Waals surface area contributed by atoms with E-state index in [-0.39, 0.29) is 11.9 Å². The van der Waals surface area contributed by atoms with Crippen molar-refractivity contribution in [2.24, 2.45) is 7.05 Å². The van der Waals surface area contributed by atoms with E-state index in [1.54, 1.807) is 19.6 Å². The highest BCUT2D eigenvalue weighted by atomic mass is 16.5. The van der Waals surface area contributed by atoms with Gasteiger partial charge in [0, 0.05) is 44.5 Å². The predicted molar refractivity (Wildman–Crippen MR) is 99.5 cm³/mol. The van der Waals surface area contributed by atoms with Crippen LogP contribution in [0.1, 0.15) is 30.4 Å². The average molecular weight is 369 g/mol. The fraction of sp³-hybridized carbons (Fsp3) is 0.471. The fourth-order valence-electron chi connectivity index (χ4n) is 3.50. The molecule has 0 aromatic carbocycles. The quantitative estimate of drug-likeness (QED) is 0.703. The lowest BCUT2D eigenvalue weighted by Gasteiger charge is -2.33. The van der Waals surface area contributed by atoms with E-state index in [0.717, 1.165) is 43.4 Å². The molecule has 3 aromatic rings. The molecule has 10 heteroatoms. The molecule has 142 valence electrons. The normalized spacial score (nSPS) is 17.3. The van der Waals surface area contributed by atoms with Gasteiger partial charge in [-0.1, -0.05) is 0 Å². The number of nitrogens with two attached hydrogens (primary N) is 1. The van der Waals surface area contributed by atoms with Crippen LogP contribution in [0.2, 0.25) is 0 Å². The van der Waals surface area contributed by atoms with Gasteiger partial charge in [0.05, 0.1) is 20.0 Å². The number of piperidine rings is 1. The Labute approximate surface area is 157 Å². The van der Waals surface area contributed by atoms with Crippen LogP contribution in [0.5, 0.6) is 5.88 Å². The smallest absolute Gasteiger partial charge is 0.225 e. The number of anilines is 2. The summed E-state index contributed by atoms with van der Waals surface area (Å²) in [5, 5.41) is 8.86. The Hall–Kier alpha value is -3.17. The minimum Gasteiger partial charge on any atom is -0.481 e. The molecule has 2 N–H and O–H groups in total. The molecule has 0 amide bonds. The largest absolute Gasteiger partial charge is 0.481 e. The number of hydrogen-bond donors (Lipinski definition) is 1. The minimum absolute atomic E-state index is 0.216. The first-order valence-electron chi connectivity index (χ1n) is 8.91. The molecule has 1 aliphatic rings. The number of aromatic nitrogens is 7. The van der Waals surface area contributed by atoms with Crippen LogP contribution in [-0.2, 0) is 13.6 Å². The summed E-state index contributed by atoms with van der Waals surface area (Å²) >= 11 is 0. The Bertz CT molecular complexity index is 905. The average Bonchev–Trinajstić information content (AvgIpc) is 3.32. The van der Waals surface area contributed by atoms with E-state index in [9.17, 15) is 0 Å². The van der Waals surface area contributed by atoms with Crippen LogP contribution < -0.4 is 15.4 Å². The van der Waals surface area contributed by atoms with Crippen molar-refractivity contribution in [3.05, 3.63) is 36.4 Å². The Balaban J connectivity index is 1.53. The molecule has 3 aromatic heterocycles. The summed E-state index contributed by atoms with van der Waals surface area (Å²) in [7, 11) is 3.60.